The first-order valence-corrected chi connectivity index (χ1v) is 13.2. The number of rotatable bonds is 10. The maximum Gasteiger partial charge on any atom is 0.0405 e. The molecule has 2 nitrogen and oxygen atoms in total. The monoisotopic (exact) mass is 476 g/mol. The number of aryl methyl sites for hydroxylation is 2. The fourth-order valence-corrected chi connectivity index (χ4v) is 5.37. The molecule has 0 radical (unpaired) electrons. The van der Waals surface area contributed by atoms with E-state index in [0.29, 0.717) is 5.92 Å². The summed E-state index contributed by atoms with van der Waals surface area (Å²) in [7, 11) is 0. The minimum Gasteiger partial charge on any atom is -0.381 e. The third-order valence-electron chi connectivity index (χ3n) is 7.38. The van der Waals surface area contributed by atoms with Crippen LogP contribution in [-0.2, 0) is 13.1 Å². The van der Waals surface area contributed by atoms with Crippen LogP contribution < -0.4 is 10.6 Å². The molecule has 0 fully saturated rings. The predicted molar refractivity (Wildman–Crippen MR) is 156 cm³/mol. The second kappa shape index (κ2) is 11.9. The Bertz CT molecular complexity index is 1180. The zero-order valence-electron chi connectivity index (χ0n) is 22.5. The Morgan fingerprint density at radius 1 is 0.556 bits per heavy atom. The smallest absolute Gasteiger partial charge is 0.0405 e. The Morgan fingerprint density at radius 3 is 1.36 bits per heavy atom. The highest BCUT2D eigenvalue weighted by Crippen LogP contribution is 2.39. The minimum atomic E-state index is 0.366. The molecule has 0 saturated heterocycles. The van der Waals surface area contributed by atoms with E-state index in [9.17, 15) is 0 Å². The minimum absolute atomic E-state index is 0.366. The number of nitrogens with one attached hydrogen (secondary N) is 2. The van der Waals surface area contributed by atoms with E-state index in [0.717, 1.165) is 25.9 Å². The molecule has 36 heavy (non-hydrogen) atoms. The second-order valence-electron chi connectivity index (χ2n) is 9.96. The Balaban J connectivity index is 1.66. The summed E-state index contributed by atoms with van der Waals surface area (Å²) in [5.41, 5.74) is 13.3. The topological polar surface area (TPSA) is 24.1 Å². The number of anilines is 2. The van der Waals surface area contributed by atoms with Gasteiger partial charge in [0.2, 0.25) is 0 Å². The van der Waals surface area contributed by atoms with Crippen molar-refractivity contribution < 1.29 is 0 Å². The molecule has 186 valence electrons. The lowest BCUT2D eigenvalue weighted by Gasteiger charge is -2.26. The van der Waals surface area contributed by atoms with Gasteiger partial charge in [-0.05, 0) is 78.6 Å². The van der Waals surface area contributed by atoms with Crippen molar-refractivity contribution in [2.45, 2.75) is 66.5 Å². The average Bonchev–Trinajstić information content (AvgIpc) is 2.89. The van der Waals surface area contributed by atoms with Gasteiger partial charge in [-0.15, -0.1) is 0 Å². The molecule has 0 saturated carbocycles. The summed E-state index contributed by atoms with van der Waals surface area (Å²) in [6.07, 6.45) is 2.27. The molecule has 0 aliphatic rings. The van der Waals surface area contributed by atoms with Crippen molar-refractivity contribution >= 4 is 11.4 Å². The molecule has 0 atom stereocenters. The van der Waals surface area contributed by atoms with Crippen molar-refractivity contribution in [3.63, 3.8) is 0 Å². The molecule has 4 rings (SSSR count). The molecule has 2 N–H and O–H groups in total. The second-order valence-corrected chi connectivity index (χ2v) is 9.96. The summed E-state index contributed by atoms with van der Waals surface area (Å²) in [6, 6.07) is 30.6. The molecule has 0 unspecified atom stereocenters. The van der Waals surface area contributed by atoms with Gasteiger partial charge in [0.15, 0.2) is 0 Å². The first-order chi connectivity index (χ1) is 17.5. The summed E-state index contributed by atoms with van der Waals surface area (Å²) in [5, 5.41) is 7.50. The van der Waals surface area contributed by atoms with Crippen molar-refractivity contribution in [2.24, 2.45) is 0 Å². The van der Waals surface area contributed by atoms with E-state index in [1.807, 2.05) is 0 Å². The Morgan fingerprint density at radius 2 is 0.972 bits per heavy atom. The summed E-state index contributed by atoms with van der Waals surface area (Å²) < 4.78 is 0. The molecular weight excluding hydrogens is 436 g/mol. The molecule has 0 bridgehead atoms. The lowest BCUT2D eigenvalue weighted by atomic mass is 9.81. The van der Waals surface area contributed by atoms with Gasteiger partial charge in [-0.25, -0.2) is 0 Å². The molecule has 0 aliphatic heterocycles. The lowest BCUT2D eigenvalue weighted by molar-refractivity contribution is 0.691. The molecule has 0 heterocycles. The molecule has 4 aromatic carbocycles. The van der Waals surface area contributed by atoms with Gasteiger partial charge < -0.3 is 10.6 Å². The Labute approximate surface area is 217 Å². The van der Waals surface area contributed by atoms with Crippen LogP contribution in [-0.4, -0.2) is 0 Å². The van der Waals surface area contributed by atoms with E-state index >= 15 is 0 Å². The van der Waals surface area contributed by atoms with Crippen LogP contribution in [0.2, 0.25) is 0 Å². The molecule has 0 spiro atoms. The molecule has 4 aromatic rings. The van der Waals surface area contributed by atoms with Gasteiger partial charge in [0.1, 0.15) is 0 Å². The summed E-state index contributed by atoms with van der Waals surface area (Å²) in [5.74, 6) is 0.366. The van der Waals surface area contributed by atoms with Crippen LogP contribution in [0.4, 0.5) is 11.4 Å². The number of hydrogen-bond acceptors (Lipinski definition) is 2. The summed E-state index contributed by atoms with van der Waals surface area (Å²) in [6.45, 7) is 13.0. The SMILES string of the molecule is CCCC(c1ccc(C)c(NCc2ccccc2)c1C)c1ccc(C)c(NCc2ccccc2)c1C. The number of benzene rings is 4. The van der Waals surface area contributed by atoms with Gasteiger partial charge in [0.05, 0.1) is 0 Å². The van der Waals surface area contributed by atoms with E-state index in [-0.39, 0.29) is 0 Å². The summed E-state index contributed by atoms with van der Waals surface area (Å²) in [4.78, 5) is 0. The van der Waals surface area contributed by atoms with E-state index in [1.165, 1.54) is 55.9 Å². The quantitative estimate of drug-likeness (QED) is 0.238. The van der Waals surface area contributed by atoms with Crippen LogP contribution in [0.3, 0.4) is 0 Å². The van der Waals surface area contributed by atoms with Crippen LogP contribution in [0, 0.1) is 27.7 Å². The molecule has 0 aromatic heterocycles. The highest BCUT2D eigenvalue weighted by atomic mass is 14.9. The van der Waals surface area contributed by atoms with E-state index < -0.39 is 0 Å². The fraction of sp³-hybridized carbons (Fsp3) is 0.294. The van der Waals surface area contributed by atoms with E-state index in [4.69, 9.17) is 0 Å². The van der Waals surface area contributed by atoms with Crippen LogP contribution >= 0.6 is 0 Å². The highest BCUT2D eigenvalue weighted by molar-refractivity contribution is 5.65. The molecule has 2 heteroatoms. The van der Waals surface area contributed by atoms with Gasteiger partial charge in [-0.1, -0.05) is 98.3 Å². The largest absolute Gasteiger partial charge is 0.381 e. The Kier molecular flexibility index (Phi) is 8.48. The maximum absolute atomic E-state index is 3.75. The lowest BCUT2D eigenvalue weighted by Crippen LogP contribution is -2.11. The van der Waals surface area contributed by atoms with Gasteiger partial charge in [0, 0.05) is 30.4 Å². The zero-order chi connectivity index (χ0) is 25.5. The predicted octanol–water partition coefficient (Wildman–Crippen LogP) is 9.08. The third-order valence-corrected chi connectivity index (χ3v) is 7.38. The van der Waals surface area contributed by atoms with Crippen molar-refractivity contribution in [1.82, 2.24) is 0 Å². The molecule has 0 amide bonds. The van der Waals surface area contributed by atoms with Crippen LogP contribution in [0.25, 0.3) is 0 Å². The van der Waals surface area contributed by atoms with Crippen molar-refractivity contribution in [3.8, 4) is 0 Å². The van der Waals surface area contributed by atoms with Crippen molar-refractivity contribution in [1.29, 1.82) is 0 Å². The normalized spacial score (nSPS) is 11.1. The van der Waals surface area contributed by atoms with Gasteiger partial charge in [-0.3, -0.25) is 0 Å². The zero-order valence-corrected chi connectivity index (χ0v) is 22.5. The van der Waals surface area contributed by atoms with Gasteiger partial charge in [0.25, 0.3) is 0 Å². The molecular formula is C34H40N2. The number of hydrogen-bond donors (Lipinski definition) is 2. The molecule has 0 aliphatic carbocycles. The highest BCUT2D eigenvalue weighted by Gasteiger charge is 2.21. The van der Waals surface area contributed by atoms with Gasteiger partial charge >= 0.3 is 0 Å². The Hall–Kier alpha value is -3.52. The summed E-state index contributed by atoms with van der Waals surface area (Å²) >= 11 is 0. The van der Waals surface area contributed by atoms with E-state index in [2.05, 4.69) is 130 Å². The average molecular weight is 477 g/mol. The fourth-order valence-electron chi connectivity index (χ4n) is 5.37. The van der Waals surface area contributed by atoms with Crippen LogP contribution in [0.15, 0.2) is 84.9 Å². The maximum atomic E-state index is 3.75. The first kappa shape index (κ1) is 25.6. The van der Waals surface area contributed by atoms with Gasteiger partial charge in [-0.2, -0.15) is 0 Å². The van der Waals surface area contributed by atoms with Crippen LogP contribution in [0.1, 0.15) is 70.2 Å². The first-order valence-electron chi connectivity index (χ1n) is 13.2. The standard InChI is InChI=1S/C34H40N2/c1-6-13-32(30-20-18-24(2)33(26(30)4)35-22-28-14-9-7-10-15-28)31-21-19-25(3)34(27(31)5)36-23-29-16-11-8-12-17-29/h7-12,14-21,32,35-36H,6,13,22-23H2,1-5H3. The van der Waals surface area contributed by atoms with Crippen LogP contribution in [0.5, 0.6) is 0 Å². The van der Waals surface area contributed by atoms with Crippen molar-refractivity contribution in [3.05, 3.63) is 129 Å². The van der Waals surface area contributed by atoms with E-state index in [1.54, 1.807) is 0 Å². The third kappa shape index (κ3) is 5.82. The van der Waals surface area contributed by atoms with Crippen molar-refractivity contribution in [2.75, 3.05) is 10.6 Å².